The van der Waals surface area contributed by atoms with Crippen molar-refractivity contribution in [2.75, 3.05) is 20.2 Å². The molecule has 0 spiro atoms. The number of hydrogen-bond donors (Lipinski definition) is 0. The zero-order valence-corrected chi connectivity index (χ0v) is 10.6. The van der Waals surface area contributed by atoms with Crippen LogP contribution in [0.25, 0.3) is 0 Å². The van der Waals surface area contributed by atoms with Gasteiger partial charge >= 0.3 is 5.97 Å². The molecule has 1 heterocycles. The van der Waals surface area contributed by atoms with Gasteiger partial charge in [-0.15, -0.1) is 0 Å². The van der Waals surface area contributed by atoms with E-state index in [1.165, 1.54) is 32.4 Å². The Bertz CT molecular complexity index is 248. The van der Waals surface area contributed by atoms with Crippen LogP contribution < -0.4 is 0 Å². The lowest BCUT2D eigenvalue weighted by atomic mass is 9.89. The average Bonchev–Trinajstić information content (AvgIpc) is 2.51. The average molecular weight is 225 g/mol. The molecule has 0 radical (unpaired) electrons. The summed E-state index contributed by atoms with van der Waals surface area (Å²) in [6, 6.07) is 0. The predicted molar refractivity (Wildman–Crippen MR) is 64.9 cm³/mol. The molecule has 0 N–H and O–H groups in total. The number of ether oxygens (including phenoxy) is 1. The maximum absolute atomic E-state index is 11.0. The van der Waals surface area contributed by atoms with Gasteiger partial charge in [0.15, 0.2) is 0 Å². The minimum Gasteiger partial charge on any atom is -0.466 e. The molecule has 1 unspecified atom stereocenters. The van der Waals surface area contributed by atoms with Gasteiger partial charge in [-0.25, -0.2) is 4.79 Å². The summed E-state index contributed by atoms with van der Waals surface area (Å²) < 4.78 is 4.58. The highest BCUT2D eigenvalue weighted by Crippen LogP contribution is 2.24. The lowest BCUT2D eigenvalue weighted by Gasteiger charge is -2.19. The van der Waals surface area contributed by atoms with Gasteiger partial charge in [-0.05, 0) is 31.1 Å². The van der Waals surface area contributed by atoms with Crippen molar-refractivity contribution >= 4 is 5.97 Å². The fraction of sp³-hybridized carbons (Fsp3) is 0.769. The van der Waals surface area contributed by atoms with Crippen LogP contribution in [-0.4, -0.2) is 31.1 Å². The van der Waals surface area contributed by atoms with Crippen molar-refractivity contribution in [3.05, 3.63) is 12.3 Å². The van der Waals surface area contributed by atoms with Crippen molar-refractivity contribution in [1.29, 1.82) is 0 Å². The van der Waals surface area contributed by atoms with Crippen LogP contribution >= 0.6 is 0 Å². The van der Waals surface area contributed by atoms with E-state index in [-0.39, 0.29) is 5.97 Å². The predicted octanol–water partition coefficient (Wildman–Crippen LogP) is 2.43. The third-order valence-corrected chi connectivity index (χ3v) is 3.37. The van der Waals surface area contributed by atoms with Crippen molar-refractivity contribution in [3.63, 3.8) is 0 Å². The van der Waals surface area contributed by atoms with Gasteiger partial charge in [-0.2, -0.15) is 0 Å². The molecule has 1 aliphatic heterocycles. The topological polar surface area (TPSA) is 29.5 Å². The molecule has 1 atom stereocenters. The molecule has 0 saturated carbocycles. The molecule has 0 aromatic heterocycles. The Labute approximate surface area is 98.5 Å². The number of likely N-dealkylation sites (tertiary alicyclic amines) is 1. The summed E-state index contributed by atoms with van der Waals surface area (Å²) >= 11 is 0. The molecular weight excluding hydrogens is 202 g/mol. The molecule has 3 heteroatoms. The van der Waals surface area contributed by atoms with E-state index in [2.05, 4.69) is 23.5 Å². The molecule has 16 heavy (non-hydrogen) atoms. The van der Waals surface area contributed by atoms with Crippen LogP contribution in [0.2, 0.25) is 0 Å². The van der Waals surface area contributed by atoms with Gasteiger partial charge in [0, 0.05) is 25.4 Å². The lowest BCUT2D eigenvalue weighted by Crippen LogP contribution is -2.19. The van der Waals surface area contributed by atoms with E-state index in [9.17, 15) is 4.79 Å². The molecule has 1 saturated heterocycles. The molecule has 1 rings (SSSR count). The second-order valence-corrected chi connectivity index (χ2v) is 4.81. The van der Waals surface area contributed by atoms with Crippen LogP contribution in [0.15, 0.2) is 12.3 Å². The third kappa shape index (κ3) is 4.25. The molecule has 0 aromatic carbocycles. The van der Waals surface area contributed by atoms with Crippen LogP contribution in [0.1, 0.15) is 33.1 Å². The molecule has 0 bridgehead atoms. The largest absolute Gasteiger partial charge is 0.466 e. The minimum absolute atomic E-state index is 0.273. The Kier molecular flexibility index (Phi) is 5.36. The molecular formula is C13H23NO2. The molecule has 0 amide bonds. The van der Waals surface area contributed by atoms with Gasteiger partial charge in [-0.1, -0.05) is 13.8 Å². The Morgan fingerprint density at radius 2 is 2.12 bits per heavy atom. The molecule has 0 aliphatic carbocycles. The van der Waals surface area contributed by atoms with Crippen LogP contribution in [-0.2, 0) is 9.53 Å². The maximum Gasteiger partial charge on any atom is 0.331 e. The Morgan fingerprint density at radius 1 is 1.38 bits per heavy atom. The first-order chi connectivity index (χ1) is 7.63. The standard InChI is InChI=1S/C13H23NO2/c1-11(2)12-5-4-8-14(9-6-12)10-7-13(15)16-3/h7,10-12H,4-6,8-9H2,1-3H3. The summed E-state index contributed by atoms with van der Waals surface area (Å²) in [5, 5.41) is 0. The number of hydrogen-bond acceptors (Lipinski definition) is 3. The fourth-order valence-electron chi connectivity index (χ4n) is 2.19. The van der Waals surface area contributed by atoms with Crippen LogP contribution in [0, 0.1) is 11.8 Å². The van der Waals surface area contributed by atoms with Crippen molar-refractivity contribution in [1.82, 2.24) is 4.90 Å². The van der Waals surface area contributed by atoms with E-state index in [0.717, 1.165) is 24.9 Å². The Morgan fingerprint density at radius 3 is 2.75 bits per heavy atom. The first kappa shape index (κ1) is 13.1. The van der Waals surface area contributed by atoms with Crippen LogP contribution in [0.4, 0.5) is 0 Å². The van der Waals surface area contributed by atoms with Crippen molar-refractivity contribution in [2.24, 2.45) is 11.8 Å². The van der Waals surface area contributed by atoms with Crippen LogP contribution in [0.3, 0.4) is 0 Å². The van der Waals surface area contributed by atoms with E-state index < -0.39 is 0 Å². The van der Waals surface area contributed by atoms with Crippen molar-refractivity contribution < 1.29 is 9.53 Å². The first-order valence-electron chi connectivity index (χ1n) is 6.13. The van der Waals surface area contributed by atoms with Crippen LogP contribution in [0.5, 0.6) is 0 Å². The Balaban J connectivity index is 2.41. The number of rotatable bonds is 3. The monoisotopic (exact) mass is 225 g/mol. The number of esters is 1. The number of methoxy groups -OCH3 is 1. The van der Waals surface area contributed by atoms with Gasteiger partial charge in [0.05, 0.1) is 7.11 Å². The fourth-order valence-corrected chi connectivity index (χ4v) is 2.19. The quantitative estimate of drug-likeness (QED) is 0.546. The van der Waals surface area contributed by atoms with Gasteiger partial charge in [0.2, 0.25) is 0 Å². The smallest absolute Gasteiger partial charge is 0.331 e. The van der Waals surface area contributed by atoms with E-state index in [1.54, 1.807) is 0 Å². The highest BCUT2D eigenvalue weighted by atomic mass is 16.5. The molecule has 3 nitrogen and oxygen atoms in total. The summed E-state index contributed by atoms with van der Waals surface area (Å²) in [4.78, 5) is 13.2. The highest BCUT2D eigenvalue weighted by molar-refractivity contribution is 5.81. The Hall–Kier alpha value is -0.990. The summed E-state index contributed by atoms with van der Waals surface area (Å²) in [6.07, 6.45) is 7.13. The lowest BCUT2D eigenvalue weighted by molar-refractivity contribution is -0.134. The zero-order chi connectivity index (χ0) is 12.0. The van der Waals surface area contributed by atoms with E-state index in [0.29, 0.717) is 0 Å². The third-order valence-electron chi connectivity index (χ3n) is 3.37. The summed E-state index contributed by atoms with van der Waals surface area (Å²) in [7, 11) is 1.41. The van der Waals surface area contributed by atoms with E-state index in [4.69, 9.17) is 0 Å². The molecule has 1 aliphatic rings. The van der Waals surface area contributed by atoms with Gasteiger partial charge in [0.25, 0.3) is 0 Å². The zero-order valence-electron chi connectivity index (χ0n) is 10.6. The normalized spacial score (nSPS) is 22.5. The summed E-state index contributed by atoms with van der Waals surface area (Å²) in [6.45, 7) is 6.70. The maximum atomic E-state index is 11.0. The van der Waals surface area contributed by atoms with Gasteiger partial charge < -0.3 is 9.64 Å². The number of carbonyl (C=O) groups is 1. The molecule has 92 valence electrons. The van der Waals surface area contributed by atoms with Gasteiger partial charge in [-0.3, -0.25) is 0 Å². The van der Waals surface area contributed by atoms with E-state index in [1.807, 2.05) is 6.20 Å². The summed E-state index contributed by atoms with van der Waals surface area (Å²) in [5.41, 5.74) is 0. The van der Waals surface area contributed by atoms with Crippen molar-refractivity contribution in [3.8, 4) is 0 Å². The highest BCUT2D eigenvalue weighted by Gasteiger charge is 2.17. The second-order valence-electron chi connectivity index (χ2n) is 4.81. The van der Waals surface area contributed by atoms with E-state index >= 15 is 0 Å². The first-order valence-corrected chi connectivity index (χ1v) is 6.13. The number of nitrogens with zero attached hydrogens (tertiary/aromatic N) is 1. The molecule has 0 aromatic rings. The molecule has 1 fully saturated rings. The van der Waals surface area contributed by atoms with Crippen molar-refractivity contribution in [2.45, 2.75) is 33.1 Å². The second kappa shape index (κ2) is 6.56. The van der Waals surface area contributed by atoms with Gasteiger partial charge in [0.1, 0.15) is 0 Å². The SMILES string of the molecule is COC(=O)C=CN1CCCC(C(C)C)CC1. The summed E-state index contributed by atoms with van der Waals surface area (Å²) in [5.74, 6) is 1.32. The number of carbonyl (C=O) groups excluding carboxylic acids is 1. The minimum atomic E-state index is -0.273.